The third-order valence-electron chi connectivity index (χ3n) is 3.62. The fourth-order valence-corrected chi connectivity index (χ4v) is 2.83. The van der Waals surface area contributed by atoms with Gasteiger partial charge in [0.25, 0.3) is 0 Å². The van der Waals surface area contributed by atoms with Gasteiger partial charge in [-0.25, -0.2) is 13.2 Å². The summed E-state index contributed by atoms with van der Waals surface area (Å²) in [6, 6.07) is 6.69. The van der Waals surface area contributed by atoms with Crippen LogP contribution >= 0.6 is 15.9 Å². The van der Waals surface area contributed by atoms with Crippen LogP contribution in [0.25, 0.3) is 0 Å². The molecule has 0 fully saturated rings. The number of carbonyl (C=O) groups is 2. The van der Waals surface area contributed by atoms with Crippen molar-refractivity contribution < 1.29 is 22.8 Å². The van der Waals surface area contributed by atoms with E-state index in [4.69, 9.17) is 0 Å². The monoisotopic (exact) mass is 413 g/mol. The quantitative estimate of drug-likeness (QED) is 0.697. The van der Waals surface area contributed by atoms with Crippen LogP contribution in [-0.2, 0) is 4.79 Å². The lowest BCUT2D eigenvalue weighted by Crippen LogP contribution is -2.27. The average molecular weight is 414 g/mol. The minimum atomic E-state index is -0.948. The molecular formula is C18H15BrF3NO2. The lowest BCUT2D eigenvalue weighted by atomic mass is 9.97. The molecule has 0 saturated heterocycles. The SMILES string of the molecule is CC(=O)NC(CCC(=O)c1c(F)cccc1F)c1ccc(Br)cc1F. The van der Waals surface area contributed by atoms with E-state index in [9.17, 15) is 22.8 Å². The van der Waals surface area contributed by atoms with Crippen LogP contribution in [0.3, 0.4) is 0 Å². The molecule has 0 aliphatic rings. The van der Waals surface area contributed by atoms with Gasteiger partial charge in [0.2, 0.25) is 5.91 Å². The van der Waals surface area contributed by atoms with Crippen LogP contribution in [0.5, 0.6) is 0 Å². The summed E-state index contributed by atoms with van der Waals surface area (Å²) in [5, 5.41) is 2.56. The molecule has 1 unspecified atom stereocenters. The number of amides is 1. The highest BCUT2D eigenvalue weighted by atomic mass is 79.9. The van der Waals surface area contributed by atoms with Gasteiger partial charge in [0.05, 0.1) is 11.6 Å². The van der Waals surface area contributed by atoms with Crippen molar-refractivity contribution in [1.82, 2.24) is 5.32 Å². The molecule has 7 heteroatoms. The van der Waals surface area contributed by atoms with Crippen LogP contribution in [0, 0.1) is 17.5 Å². The van der Waals surface area contributed by atoms with Crippen molar-refractivity contribution in [2.45, 2.75) is 25.8 Å². The maximum Gasteiger partial charge on any atom is 0.217 e. The molecule has 2 aromatic carbocycles. The van der Waals surface area contributed by atoms with Crippen molar-refractivity contribution in [3.05, 3.63) is 69.4 Å². The van der Waals surface area contributed by atoms with Gasteiger partial charge >= 0.3 is 0 Å². The van der Waals surface area contributed by atoms with E-state index in [1.807, 2.05) is 0 Å². The standard InChI is InChI=1S/C18H15BrF3NO2/c1-10(24)23-16(12-6-5-11(19)9-15(12)22)7-8-17(25)18-13(20)3-2-4-14(18)21/h2-6,9,16H,7-8H2,1H3,(H,23,24). The largest absolute Gasteiger partial charge is 0.349 e. The van der Waals surface area contributed by atoms with Gasteiger partial charge in [-0.15, -0.1) is 0 Å². The second-order valence-electron chi connectivity index (χ2n) is 5.48. The van der Waals surface area contributed by atoms with Crippen LogP contribution in [-0.4, -0.2) is 11.7 Å². The Morgan fingerprint density at radius 3 is 2.28 bits per heavy atom. The van der Waals surface area contributed by atoms with Crippen molar-refractivity contribution in [2.24, 2.45) is 0 Å². The number of hydrogen-bond acceptors (Lipinski definition) is 2. The van der Waals surface area contributed by atoms with E-state index in [-0.39, 0.29) is 18.4 Å². The highest BCUT2D eigenvalue weighted by Crippen LogP contribution is 2.26. The van der Waals surface area contributed by atoms with Gasteiger partial charge in [-0.2, -0.15) is 0 Å². The van der Waals surface area contributed by atoms with Gasteiger partial charge in [0, 0.05) is 23.4 Å². The summed E-state index contributed by atoms with van der Waals surface area (Å²) in [6.45, 7) is 1.27. The molecule has 3 nitrogen and oxygen atoms in total. The number of rotatable bonds is 6. The molecule has 1 atom stereocenters. The zero-order valence-corrected chi connectivity index (χ0v) is 14.9. The molecule has 2 rings (SSSR count). The Balaban J connectivity index is 2.20. The van der Waals surface area contributed by atoms with Crippen molar-refractivity contribution in [2.75, 3.05) is 0 Å². The Kier molecular flexibility index (Phi) is 6.36. The number of benzene rings is 2. The molecule has 0 aromatic heterocycles. The van der Waals surface area contributed by atoms with E-state index in [2.05, 4.69) is 21.2 Å². The Labute approximate surface area is 151 Å². The lowest BCUT2D eigenvalue weighted by Gasteiger charge is -2.19. The minimum absolute atomic E-state index is 0.00470. The van der Waals surface area contributed by atoms with E-state index in [0.717, 1.165) is 12.1 Å². The summed E-state index contributed by atoms with van der Waals surface area (Å²) in [5.74, 6) is -3.61. The Morgan fingerprint density at radius 1 is 1.08 bits per heavy atom. The smallest absolute Gasteiger partial charge is 0.217 e. The maximum atomic E-state index is 14.1. The van der Waals surface area contributed by atoms with Crippen molar-refractivity contribution in [3.63, 3.8) is 0 Å². The van der Waals surface area contributed by atoms with E-state index >= 15 is 0 Å². The summed E-state index contributed by atoms with van der Waals surface area (Å²) in [7, 11) is 0. The molecule has 0 aliphatic heterocycles. The normalized spacial score (nSPS) is 11.9. The molecule has 0 radical (unpaired) electrons. The molecule has 1 N–H and O–H groups in total. The van der Waals surface area contributed by atoms with Crippen LogP contribution in [0.15, 0.2) is 40.9 Å². The highest BCUT2D eigenvalue weighted by Gasteiger charge is 2.22. The topological polar surface area (TPSA) is 46.2 Å². The molecule has 2 aromatic rings. The first kappa shape index (κ1) is 19.2. The summed E-state index contributed by atoms with van der Waals surface area (Å²) < 4.78 is 42.0. The van der Waals surface area contributed by atoms with E-state index in [0.29, 0.717) is 4.47 Å². The second kappa shape index (κ2) is 8.29. The fourth-order valence-electron chi connectivity index (χ4n) is 2.50. The molecule has 1 amide bonds. The zero-order chi connectivity index (χ0) is 18.6. The van der Waals surface area contributed by atoms with Gasteiger partial charge in [-0.1, -0.05) is 28.1 Å². The highest BCUT2D eigenvalue weighted by molar-refractivity contribution is 9.10. The Hall–Kier alpha value is -2.15. The molecule has 0 aliphatic carbocycles. The van der Waals surface area contributed by atoms with Crippen molar-refractivity contribution >= 4 is 27.6 Å². The van der Waals surface area contributed by atoms with E-state index < -0.39 is 40.7 Å². The second-order valence-corrected chi connectivity index (χ2v) is 6.39. The minimum Gasteiger partial charge on any atom is -0.349 e. The third-order valence-corrected chi connectivity index (χ3v) is 4.11. The summed E-state index contributed by atoms with van der Waals surface area (Å²) in [4.78, 5) is 23.5. The van der Waals surface area contributed by atoms with Gasteiger partial charge in [0.1, 0.15) is 17.5 Å². The van der Waals surface area contributed by atoms with E-state index in [1.165, 1.54) is 25.1 Å². The zero-order valence-electron chi connectivity index (χ0n) is 13.3. The Bertz CT molecular complexity index is 791. The molecular weight excluding hydrogens is 399 g/mol. The van der Waals surface area contributed by atoms with Crippen molar-refractivity contribution in [3.8, 4) is 0 Å². The van der Waals surface area contributed by atoms with Crippen LogP contribution in [0.1, 0.15) is 41.7 Å². The molecule has 0 bridgehead atoms. The molecule has 0 saturated carbocycles. The molecule has 132 valence electrons. The summed E-state index contributed by atoms with van der Waals surface area (Å²) in [6.07, 6.45) is -0.247. The molecule has 0 heterocycles. The van der Waals surface area contributed by atoms with Gasteiger partial charge in [-0.3, -0.25) is 9.59 Å². The summed E-state index contributed by atoms with van der Waals surface area (Å²) >= 11 is 3.14. The third kappa shape index (κ3) is 4.92. The first-order valence-corrected chi connectivity index (χ1v) is 8.28. The van der Waals surface area contributed by atoms with Gasteiger partial charge in [0.15, 0.2) is 5.78 Å². The number of halogens is 4. The fraction of sp³-hybridized carbons (Fsp3) is 0.222. The molecule has 0 spiro atoms. The Morgan fingerprint density at radius 2 is 1.72 bits per heavy atom. The number of carbonyl (C=O) groups excluding carboxylic acids is 2. The number of hydrogen-bond donors (Lipinski definition) is 1. The molecule has 25 heavy (non-hydrogen) atoms. The van der Waals surface area contributed by atoms with E-state index in [1.54, 1.807) is 6.07 Å². The first-order valence-electron chi connectivity index (χ1n) is 7.49. The van der Waals surface area contributed by atoms with Crippen molar-refractivity contribution in [1.29, 1.82) is 0 Å². The maximum absolute atomic E-state index is 14.1. The lowest BCUT2D eigenvalue weighted by molar-refractivity contribution is -0.119. The van der Waals surface area contributed by atoms with Gasteiger partial charge < -0.3 is 5.32 Å². The predicted molar refractivity (Wildman–Crippen MR) is 90.6 cm³/mol. The number of nitrogens with one attached hydrogen (secondary N) is 1. The first-order chi connectivity index (χ1) is 11.8. The average Bonchev–Trinajstić information content (AvgIpc) is 2.51. The predicted octanol–water partition coefficient (Wildman–Crippen LogP) is 4.71. The van der Waals surface area contributed by atoms with Crippen LogP contribution in [0.4, 0.5) is 13.2 Å². The van der Waals surface area contributed by atoms with Crippen LogP contribution in [0.2, 0.25) is 0 Å². The van der Waals surface area contributed by atoms with Crippen LogP contribution < -0.4 is 5.32 Å². The van der Waals surface area contributed by atoms with Gasteiger partial charge in [-0.05, 0) is 30.7 Å². The number of Topliss-reactive ketones (excluding diaryl/α,β-unsaturated/α-hetero) is 1. The summed E-state index contributed by atoms with van der Waals surface area (Å²) in [5.41, 5.74) is -0.430. The number of ketones is 1.